The number of hydrogen-bond donors (Lipinski definition) is 1. The summed E-state index contributed by atoms with van der Waals surface area (Å²) in [5, 5.41) is 4.94. The number of nitrogens with zero attached hydrogens (tertiary/aromatic N) is 2. The molecule has 0 aromatic heterocycles. The van der Waals surface area contributed by atoms with Gasteiger partial charge in [-0.05, 0) is 24.5 Å². The number of nitrogens with two attached hydrogens (primary N) is 1. The standard InChI is InChI=1S/C16H25N3O3S/c1-14-5-2-3-6-15(14)13-18-8-10-19(11-9-18)16(20)7-4-12-23(17,21)22/h2-3,5-6H,4,7-13H2,1H3,(H2,17,21,22). The summed E-state index contributed by atoms with van der Waals surface area (Å²) in [4.78, 5) is 16.2. The third-order valence-electron chi connectivity index (χ3n) is 4.20. The number of amides is 1. The molecule has 1 amide bonds. The van der Waals surface area contributed by atoms with Crippen LogP contribution in [0.1, 0.15) is 24.0 Å². The summed E-state index contributed by atoms with van der Waals surface area (Å²) >= 11 is 0. The lowest BCUT2D eigenvalue weighted by atomic mass is 10.1. The number of rotatable bonds is 6. The zero-order valence-electron chi connectivity index (χ0n) is 13.6. The van der Waals surface area contributed by atoms with Crippen LogP contribution in [-0.4, -0.2) is 56.1 Å². The summed E-state index contributed by atoms with van der Waals surface area (Å²) in [6.45, 7) is 6.09. The number of carbonyl (C=O) groups is 1. The maximum Gasteiger partial charge on any atom is 0.222 e. The minimum atomic E-state index is -3.48. The van der Waals surface area contributed by atoms with E-state index in [9.17, 15) is 13.2 Å². The highest BCUT2D eigenvalue weighted by Gasteiger charge is 2.21. The smallest absolute Gasteiger partial charge is 0.222 e. The number of hydrogen-bond acceptors (Lipinski definition) is 4. The number of piperazine rings is 1. The fraction of sp³-hybridized carbons (Fsp3) is 0.562. The van der Waals surface area contributed by atoms with Crippen LogP contribution in [-0.2, 0) is 21.4 Å². The molecule has 0 saturated carbocycles. The summed E-state index contributed by atoms with van der Waals surface area (Å²) in [5.74, 6) is -0.115. The van der Waals surface area contributed by atoms with E-state index < -0.39 is 10.0 Å². The lowest BCUT2D eigenvalue weighted by Gasteiger charge is -2.35. The lowest BCUT2D eigenvalue weighted by Crippen LogP contribution is -2.48. The summed E-state index contributed by atoms with van der Waals surface area (Å²) in [5.41, 5.74) is 2.61. The molecular formula is C16H25N3O3S. The Balaban J connectivity index is 1.75. The minimum absolute atomic E-state index is 0.0178. The molecule has 1 heterocycles. The van der Waals surface area contributed by atoms with E-state index in [-0.39, 0.29) is 18.1 Å². The first-order valence-corrected chi connectivity index (χ1v) is 9.62. The van der Waals surface area contributed by atoms with Gasteiger partial charge in [-0.15, -0.1) is 0 Å². The Morgan fingerprint density at radius 2 is 1.83 bits per heavy atom. The highest BCUT2D eigenvalue weighted by Crippen LogP contribution is 2.13. The molecule has 6 nitrogen and oxygen atoms in total. The molecule has 1 aromatic carbocycles. The summed E-state index contributed by atoms with van der Waals surface area (Å²) in [7, 11) is -3.48. The predicted octanol–water partition coefficient (Wildman–Crippen LogP) is 0.708. The van der Waals surface area contributed by atoms with E-state index in [4.69, 9.17) is 5.14 Å². The molecule has 23 heavy (non-hydrogen) atoms. The zero-order chi connectivity index (χ0) is 16.9. The van der Waals surface area contributed by atoms with Crippen molar-refractivity contribution in [1.82, 2.24) is 9.80 Å². The molecule has 1 saturated heterocycles. The van der Waals surface area contributed by atoms with Crippen molar-refractivity contribution in [2.24, 2.45) is 5.14 Å². The average Bonchev–Trinajstić information content (AvgIpc) is 2.49. The first-order chi connectivity index (χ1) is 10.8. The van der Waals surface area contributed by atoms with Crippen LogP contribution in [0.25, 0.3) is 0 Å². The van der Waals surface area contributed by atoms with Gasteiger partial charge in [-0.3, -0.25) is 9.69 Å². The van der Waals surface area contributed by atoms with E-state index >= 15 is 0 Å². The van der Waals surface area contributed by atoms with Gasteiger partial charge in [0.15, 0.2) is 0 Å². The molecule has 1 aromatic rings. The van der Waals surface area contributed by atoms with Crippen molar-refractivity contribution in [2.75, 3.05) is 31.9 Å². The van der Waals surface area contributed by atoms with Gasteiger partial charge in [0, 0.05) is 39.1 Å². The van der Waals surface area contributed by atoms with E-state index in [0.29, 0.717) is 19.5 Å². The molecule has 0 spiro atoms. The molecule has 1 aliphatic heterocycles. The van der Waals surface area contributed by atoms with Crippen molar-refractivity contribution in [1.29, 1.82) is 0 Å². The van der Waals surface area contributed by atoms with Crippen LogP contribution in [0.3, 0.4) is 0 Å². The number of primary sulfonamides is 1. The third kappa shape index (κ3) is 5.93. The molecule has 0 unspecified atom stereocenters. The van der Waals surface area contributed by atoms with Gasteiger partial charge in [-0.25, -0.2) is 13.6 Å². The van der Waals surface area contributed by atoms with E-state index in [0.717, 1.165) is 19.6 Å². The zero-order valence-corrected chi connectivity index (χ0v) is 14.4. The fourth-order valence-corrected chi connectivity index (χ4v) is 3.31. The van der Waals surface area contributed by atoms with Crippen molar-refractivity contribution < 1.29 is 13.2 Å². The first kappa shape index (κ1) is 17.9. The largest absolute Gasteiger partial charge is 0.340 e. The van der Waals surface area contributed by atoms with Gasteiger partial charge in [0.25, 0.3) is 0 Å². The van der Waals surface area contributed by atoms with E-state index in [2.05, 4.69) is 24.0 Å². The summed E-state index contributed by atoms with van der Waals surface area (Å²) in [6.07, 6.45) is 0.537. The van der Waals surface area contributed by atoms with Crippen molar-refractivity contribution in [2.45, 2.75) is 26.3 Å². The quantitative estimate of drug-likeness (QED) is 0.827. The van der Waals surface area contributed by atoms with Gasteiger partial charge in [-0.1, -0.05) is 24.3 Å². The van der Waals surface area contributed by atoms with Crippen LogP contribution >= 0.6 is 0 Å². The van der Waals surface area contributed by atoms with Crippen LogP contribution in [0.5, 0.6) is 0 Å². The van der Waals surface area contributed by atoms with Crippen LogP contribution in [0, 0.1) is 6.92 Å². The van der Waals surface area contributed by atoms with Gasteiger partial charge < -0.3 is 4.90 Å². The van der Waals surface area contributed by atoms with Crippen LogP contribution in [0.15, 0.2) is 24.3 Å². The van der Waals surface area contributed by atoms with E-state index in [1.807, 2.05) is 17.0 Å². The molecule has 0 atom stereocenters. The molecule has 0 radical (unpaired) electrons. The maximum absolute atomic E-state index is 12.1. The first-order valence-electron chi connectivity index (χ1n) is 7.90. The summed E-state index contributed by atoms with van der Waals surface area (Å²) < 4.78 is 21.8. The second kappa shape index (κ2) is 7.90. The Morgan fingerprint density at radius 1 is 1.17 bits per heavy atom. The van der Waals surface area contributed by atoms with Crippen molar-refractivity contribution in [3.05, 3.63) is 35.4 Å². The highest BCUT2D eigenvalue weighted by molar-refractivity contribution is 7.89. The van der Waals surface area contributed by atoms with Crippen molar-refractivity contribution in [3.8, 4) is 0 Å². The van der Waals surface area contributed by atoms with Gasteiger partial charge in [0.05, 0.1) is 5.75 Å². The molecule has 0 bridgehead atoms. The molecule has 128 valence electrons. The second-order valence-electron chi connectivity index (χ2n) is 6.05. The SMILES string of the molecule is Cc1ccccc1CN1CCN(C(=O)CCCS(N)(=O)=O)CC1. The summed E-state index contributed by atoms with van der Waals surface area (Å²) in [6, 6.07) is 8.34. The molecular weight excluding hydrogens is 314 g/mol. The minimum Gasteiger partial charge on any atom is -0.340 e. The number of sulfonamides is 1. The van der Waals surface area contributed by atoms with E-state index in [1.54, 1.807) is 0 Å². The second-order valence-corrected chi connectivity index (χ2v) is 7.79. The van der Waals surface area contributed by atoms with Crippen LogP contribution in [0.4, 0.5) is 0 Å². The predicted molar refractivity (Wildman–Crippen MR) is 90.2 cm³/mol. The maximum atomic E-state index is 12.1. The van der Waals surface area contributed by atoms with Crippen molar-refractivity contribution >= 4 is 15.9 Å². The Morgan fingerprint density at radius 3 is 2.43 bits per heavy atom. The Bertz CT molecular complexity index is 638. The number of benzene rings is 1. The number of carbonyl (C=O) groups excluding carboxylic acids is 1. The topological polar surface area (TPSA) is 83.7 Å². The lowest BCUT2D eigenvalue weighted by molar-refractivity contribution is -0.133. The Hall–Kier alpha value is -1.44. The molecule has 1 aliphatic rings. The van der Waals surface area contributed by atoms with Crippen LogP contribution in [0.2, 0.25) is 0 Å². The van der Waals surface area contributed by atoms with Gasteiger partial charge in [0.2, 0.25) is 15.9 Å². The number of aryl methyl sites for hydroxylation is 1. The Labute approximate surface area is 138 Å². The molecule has 1 fully saturated rings. The highest BCUT2D eigenvalue weighted by atomic mass is 32.2. The monoisotopic (exact) mass is 339 g/mol. The fourth-order valence-electron chi connectivity index (χ4n) is 2.77. The molecule has 2 N–H and O–H groups in total. The Kier molecular flexibility index (Phi) is 6.15. The van der Waals surface area contributed by atoms with E-state index in [1.165, 1.54) is 11.1 Å². The van der Waals surface area contributed by atoms with Gasteiger partial charge in [0.1, 0.15) is 0 Å². The molecule has 2 rings (SSSR count). The van der Waals surface area contributed by atoms with Crippen molar-refractivity contribution in [3.63, 3.8) is 0 Å². The normalized spacial score (nSPS) is 16.5. The van der Waals surface area contributed by atoms with Gasteiger partial charge >= 0.3 is 0 Å². The third-order valence-corrected chi connectivity index (χ3v) is 5.06. The van der Waals surface area contributed by atoms with Crippen LogP contribution < -0.4 is 5.14 Å². The average molecular weight is 339 g/mol. The molecule has 7 heteroatoms. The molecule has 0 aliphatic carbocycles. The van der Waals surface area contributed by atoms with Gasteiger partial charge in [-0.2, -0.15) is 0 Å².